The molecule has 4 aliphatic rings. The molecule has 0 aromatic heterocycles. The molecule has 1 aromatic rings. The van der Waals surface area contributed by atoms with Crippen LogP contribution >= 0.6 is 11.6 Å². The summed E-state index contributed by atoms with van der Waals surface area (Å²) in [6.07, 6.45) is 7.30. The summed E-state index contributed by atoms with van der Waals surface area (Å²) in [5, 5.41) is 0.530. The molecule has 2 aliphatic carbocycles. The fourth-order valence-corrected chi connectivity index (χ4v) is 7.74. The Morgan fingerprint density at radius 1 is 1.06 bits per heavy atom. The smallest absolute Gasteiger partial charge is 0.243 e. The molecule has 1 aromatic carbocycles. The number of amides is 1. The summed E-state index contributed by atoms with van der Waals surface area (Å²) in [5.41, 5.74) is -0.220. The van der Waals surface area contributed by atoms with Gasteiger partial charge in [0.25, 0.3) is 0 Å². The average molecular weight is 467 g/mol. The number of hydrogen-bond acceptors (Lipinski definition) is 4. The lowest BCUT2D eigenvalue weighted by Crippen LogP contribution is -2.55. The molecular formula is C23H31ClN2O4S. The highest BCUT2D eigenvalue weighted by molar-refractivity contribution is 7.89. The third-order valence-electron chi connectivity index (χ3n) is 7.63. The van der Waals surface area contributed by atoms with Crippen molar-refractivity contribution in [2.75, 3.05) is 26.3 Å². The Kier molecular flexibility index (Phi) is 5.82. The maximum Gasteiger partial charge on any atom is 0.243 e. The predicted molar refractivity (Wildman–Crippen MR) is 118 cm³/mol. The molecule has 5 rings (SSSR count). The summed E-state index contributed by atoms with van der Waals surface area (Å²) in [6.45, 7) is 2.44. The largest absolute Gasteiger partial charge is 0.378 e. The summed E-state index contributed by atoms with van der Waals surface area (Å²) < 4.78 is 35.0. The van der Waals surface area contributed by atoms with E-state index in [1.165, 1.54) is 0 Å². The lowest BCUT2D eigenvalue weighted by molar-refractivity contribution is -0.137. The van der Waals surface area contributed by atoms with Gasteiger partial charge in [-0.05, 0) is 74.1 Å². The number of ether oxygens (including phenoxy) is 1. The van der Waals surface area contributed by atoms with Crippen LogP contribution in [0.2, 0.25) is 5.02 Å². The topological polar surface area (TPSA) is 66.9 Å². The van der Waals surface area contributed by atoms with Gasteiger partial charge in [-0.3, -0.25) is 4.79 Å². The number of nitrogens with zero attached hydrogens (tertiary/aromatic N) is 2. The van der Waals surface area contributed by atoms with Gasteiger partial charge in [0, 0.05) is 36.6 Å². The second kappa shape index (κ2) is 8.32. The number of rotatable bonds is 6. The molecule has 1 amide bonds. The van der Waals surface area contributed by atoms with Gasteiger partial charge in [-0.15, -0.1) is 0 Å². The van der Waals surface area contributed by atoms with Crippen LogP contribution in [0.3, 0.4) is 0 Å². The highest BCUT2D eigenvalue weighted by Crippen LogP contribution is 2.58. The first kappa shape index (κ1) is 21.7. The number of benzene rings is 1. The maximum absolute atomic E-state index is 13.9. The minimum Gasteiger partial charge on any atom is -0.378 e. The fourth-order valence-electron chi connectivity index (χ4n) is 5.59. The van der Waals surface area contributed by atoms with Gasteiger partial charge in [0.15, 0.2) is 0 Å². The maximum atomic E-state index is 13.9. The highest BCUT2D eigenvalue weighted by Gasteiger charge is 2.58. The highest BCUT2D eigenvalue weighted by atomic mass is 35.5. The Labute approximate surface area is 189 Å². The Balaban J connectivity index is 1.44. The van der Waals surface area contributed by atoms with E-state index in [0.29, 0.717) is 48.6 Å². The van der Waals surface area contributed by atoms with E-state index in [-0.39, 0.29) is 23.4 Å². The van der Waals surface area contributed by atoms with Crippen LogP contribution in [0, 0.1) is 11.3 Å². The van der Waals surface area contributed by atoms with Crippen LogP contribution in [0.5, 0.6) is 0 Å². The minimum atomic E-state index is -3.66. The lowest BCUT2D eigenvalue weighted by atomic mass is 9.83. The summed E-state index contributed by atoms with van der Waals surface area (Å²) >= 11 is 6.02. The third-order valence-corrected chi connectivity index (χ3v) is 9.83. The van der Waals surface area contributed by atoms with E-state index >= 15 is 0 Å². The standard InChI is InChI=1S/C23H31ClN2O4S/c24-18-6-8-19(9-7-18)31(28,29)26-20(17-4-5-17)2-1-3-21(26)23(10-11-23)16-22(27)25-12-14-30-15-13-25/h6-9,17,20-21H,1-5,10-16H2. The van der Waals surface area contributed by atoms with Crippen LogP contribution in [-0.2, 0) is 19.6 Å². The molecule has 6 nitrogen and oxygen atoms in total. The van der Waals surface area contributed by atoms with E-state index < -0.39 is 10.0 Å². The van der Waals surface area contributed by atoms with Crippen LogP contribution in [0.15, 0.2) is 29.2 Å². The summed E-state index contributed by atoms with van der Waals surface area (Å²) in [4.78, 5) is 15.3. The summed E-state index contributed by atoms with van der Waals surface area (Å²) in [7, 11) is -3.66. The van der Waals surface area contributed by atoms with Crippen molar-refractivity contribution in [3.05, 3.63) is 29.3 Å². The fraction of sp³-hybridized carbons (Fsp3) is 0.696. The zero-order valence-electron chi connectivity index (χ0n) is 17.8. The number of carbonyl (C=O) groups excluding carboxylic acids is 1. The van der Waals surface area contributed by atoms with Crippen molar-refractivity contribution in [2.45, 2.75) is 68.3 Å². The SMILES string of the molecule is O=C(CC1(C2CCCC(C3CC3)N2S(=O)(=O)c2ccc(Cl)cc2)CC1)N1CCOCC1. The van der Waals surface area contributed by atoms with E-state index in [0.717, 1.165) is 44.9 Å². The third kappa shape index (κ3) is 4.26. The number of sulfonamides is 1. The van der Waals surface area contributed by atoms with Crippen LogP contribution in [0.25, 0.3) is 0 Å². The van der Waals surface area contributed by atoms with Gasteiger partial charge in [0.1, 0.15) is 0 Å². The van der Waals surface area contributed by atoms with Crippen LogP contribution < -0.4 is 0 Å². The molecule has 2 unspecified atom stereocenters. The van der Waals surface area contributed by atoms with Gasteiger partial charge >= 0.3 is 0 Å². The second-order valence-corrected chi connectivity index (χ2v) is 12.0. The quantitative estimate of drug-likeness (QED) is 0.641. The van der Waals surface area contributed by atoms with Crippen LogP contribution in [-0.4, -0.2) is 61.9 Å². The molecule has 0 N–H and O–H groups in total. The molecule has 2 heterocycles. The van der Waals surface area contributed by atoms with E-state index in [1.807, 2.05) is 9.21 Å². The molecule has 2 saturated carbocycles. The molecule has 4 fully saturated rings. The van der Waals surface area contributed by atoms with E-state index in [4.69, 9.17) is 16.3 Å². The first-order chi connectivity index (χ1) is 14.9. The number of carbonyl (C=O) groups is 1. The molecule has 170 valence electrons. The van der Waals surface area contributed by atoms with Crippen LogP contribution in [0.1, 0.15) is 51.4 Å². The van der Waals surface area contributed by atoms with Crippen molar-refractivity contribution in [3.8, 4) is 0 Å². The minimum absolute atomic E-state index is 0.0513. The molecule has 0 radical (unpaired) electrons. The number of halogens is 1. The van der Waals surface area contributed by atoms with Crippen molar-refractivity contribution in [3.63, 3.8) is 0 Å². The first-order valence-corrected chi connectivity index (χ1v) is 13.4. The Hall–Kier alpha value is -1.15. The van der Waals surface area contributed by atoms with Gasteiger partial charge in [-0.25, -0.2) is 8.42 Å². The Morgan fingerprint density at radius 2 is 1.74 bits per heavy atom. The zero-order chi connectivity index (χ0) is 21.6. The first-order valence-electron chi connectivity index (χ1n) is 11.6. The molecule has 2 aliphatic heterocycles. The Morgan fingerprint density at radius 3 is 2.35 bits per heavy atom. The van der Waals surface area contributed by atoms with Crippen molar-refractivity contribution in [2.24, 2.45) is 11.3 Å². The van der Waals surface area contributed by atoms with Crippen molar-refractivity contribution < 1.29 is 17.9 Å². The van der Waals surface area contributed by atoms with Gasteiger partial charge in [0.2, 0.25) is 15.9 Å². The number of morpholine rings is 1. The lowest BCUT2D eigenvalue weighted by Gasteiger charge is -2.45. The normalized spacial score (nSPS) is 29.0. The number of piperidine rings is 1. The monoisotopic (exact) mass is 466 g/mol. The summed E-state index contributed by atoms with van der Waals surface area (Å²) in [5.74, 6) is 0.605. The molecule has 8 heteroatoms. The number of hydrogen-bond donors (Lipinski definition) is 0. The predicted octanol–water partition coefficient (Wildman–Crippen LogP) is 3.69. The molecular weight excluding hydrogens is 436 g/mol. The van der Waals surface area contributed by atoms with Crippen molar-refractivity contribution in [1.82, 2.24) is 9.21 Å². The molecule has 0 spiro atoms. The second-order valence-electron chi connectivity index (χ2n) is 9.67. The zero-order valence-corrected chi connectivity index (χ0v) is 19.4. The molecule has 31 heavy (non-hydrogen) atoms. The van der Waals surface area contributed by atoms with E-state index in [2.05, 4.69) is 0 Å². The van der Waals surface area contributed by atoms with E-state index in [9.17, 15) is 13.2 Å². The van der Waals surface area contributed by atoms with E-state index in [1.54, 1.807) is 24.3 Å². The average Bonchev–Trinajstić information content (AvgIpc) is 3.69. The van der Waals surface area contributed by atoms with Gasteiger partial charge in [0.05, 0.1) is 18.1 Å². The molecule has 0 bridgehead atoms. The summed E-state index contributed by atoms with van der Waals surface area (Å²) in [6, 6.07) is 6.48. The molecule has 2 atom stereocenters. The van der Waals surface area contributed by atoms with Gasteiger partial charge < -0.3 is 9.64 Å². The Bertz CT molecular complexity index is 921. The van der Waals surface area contributed by atoms with Crippen molar-refractivity contribution in [1.29, 1.82) is 0 Å². The van der Waals surface area contributed by atoms with Gasteiger partial charge in [-0.1, -0.05) is 18.0 Å². The molecule has 2 saturated heterocycles. The van der Waals surface area contributed by atoms with Gasteiger partial charge in [-0.2, -0.15) is 4.31 Å². The van der Waals surface area contributed by atoms with Crippen LogP contribution in [0.4, 0.5) is 0 Å². The van der Waals surface area contributed by atoms with Crippen molar-refractivity contribution >= 4 is 27.5 Å².